The Bertz CT molecular complexity index is 1080. The van der Waals surface area contributed by atoms with Gasteiger partial charge in [0.1, 0.15) is 23.8 Å². The lowest BCUT2D eigenvalue weighted by molar-refractivity contribution is 0.0921. The number of ketones is 1. The van der Waals surface area contributed by atoms with Gasteiger partial charge in [0.05, 0.1) is 12.1 Å². The van der Waals surface area contributed by atoms with Crippen molar-refractivity contribution in [3.63, 3.8) is 0 Å². The number of rotatable bonds is 4. The Labute approximate surface area is 175 Å². The van der Waals surface area contributed by atoms with Crippen molar-refractivity contribution in [2.45, 2.75) is 25.7 Å². The highest BCUT2D eigenvalue weighted by atomic mass is 16.1. The Balaban J connectivity index is 1.34. The Morgan fingerprint density at radius 2 is 1.77 bits per heavy atom. The van der Waals surface area contributed by atoms with Gasteiger partial charge >= 0.3 is 0 Å². The summed E-state index contributed by atoms with van der Waals surface area (Å²) in [7, 11) is 0. The first kappa shape index (κ1) is 18.8. The molecule has 2 heterocycles. The van der Waals surface area contributed by atoms with E-state index in [-0.39, 0.29) is 5.78 Å². The second kappa shape index (κ2) is 7.88. The highest BCUT2D eigenvalue weighted by Crippen LogP contribution is 2.38. The number of aromatic nitrogens is 3. The van der Waals surface area contributed by atoms with Crippen molar-refractivity contribution in [3.05, 3.63) is 58.9 Å². The molecule has 5 rings (SSSR count). The normalized spacial score (nSPS) is 17.0. The number of hydrogen-bond acceptors (Lipinski definition) is 6. The summed E-state index contributed by atoms with van der Waals surface area (Å²) >= 11 is 0. The van der Waals surface area contributed by atoms with Crippen LogP contribution in [0.2, 0.25) is 0 Å². The molecule has 0 amide bonds. The molecule has 1 fully saturated rings. The van der Waals surface area contributed by atoms with Crippen molar-refractivity contribution in [1.29, 1.82) is 5.26 Å². The van der Waals surface area contributed by atoms with E-state index in [4.69, 9.17) is 0 Å². The monoisotopic (exact) mass is 400 g/mol. The fourth-order valence-electron chi connectivity index (χ4n) is 4.72. The third-order valence-corrected chi connectivity index (χ3v) is 6.26. The third-order valence-electron chi connectivity index (χ3n) is 6.26. The van der Waals surface area contributed by atoms with Gasteiger partial charge < -0.3 is 0 Å². The topological polar surface area (TPSA) is 78.1 Å². The molecule has 7 heteroatoms. The van der Waals surface area contributed by atoms with Gasteiger partial charge in [-0.25, -0.2) is 4.98 Å². The van der Waals surface area contributed by atoms with Gasteiger partial charge in [-0.3, -0.25) is 14.7 Å². The van der Waals surface area contributed by atoms with Gasteiger partial charge in [-0.1, -0.05) is 30.3 Å². The van der Waals surface area contributed by atoms with E-state index in [0.717, 1.165) is 74.4 Å². The molecule has 2 aliphatic carbocycles. The lowest BCUT2D eigenvalue weighted by Gasteiger charge is -2.37. The van der Waals surface area contributed by atoms with Gasteiger partial charge in [0, 0.05) is 31.7 Å². The Morgan fingerprint density at radius 3 is 2.50 bits per heavy atom. The van der Waals surface area contributed by atoms with E-state index >= 15 is 0 Å². The highest BCUT2D eigenvalue weighted by Gasteiger charge is 2.31. The quantitative estimate of drug-likeness (QED) is 0.625. The Morgan fingerprint density at radius 1 is 1.03 bits per heavy atom. The molecule has 0 saturated carbocycles. The molecule has 2 aliphatic heterocycles. The summed E-state index contributed by atoms with van der Waals surface area (Å²) in [6.45, 7) is 3.59. The average Bonchev–Trinajstić information content (AvgIpc) is 3.14. The predicted octanol–water partition coefficient (Wildman–Crippen LogP) is 2.27. The summed E-state index contributed by atoms with van der Waals surface area (Å²) in [6.07, 6.45) is 5.75. The summed E-state index contributed by atoms with van der Waals surface area (Å²) in [4.78, 5) is 21.2. The molecule has 1 aromatic carbocycles. The molecule has 0 N–H and O–H groups in total. The summed E-state index contributed by atoms with van der Waals surface area (Å²) < 4.78 is 0. The summed E-state index contributed by atoms with van der Waals surface area (Å²) in [5.74, 6) is 0.157. The van der Waals surface area contributed by atoms with Crippen molar-refractivity contribution in [2.24, 2.45) is 0 Å². The van der Waals surface area contributed by atoms with Gasteiger partial charge in [-0.2, -0.15) is 10.1 Å². The molecular weight excluding hydrogens is 376 g/mol. The minimum Gasteiger partial charge on any atom is -0.294 e. The van der Waals surface area contributed by atoms with Crippen molar-refractivity contribution in [3.8, 4) is 17.5 Å². The molecule has 7 nitrogen and oxygen atoms in total. The average molecular weight is 400 g/mol. The number of nitrogens with zero attached hydrogens (tertiary/aromatic N) is 6. The number of carbonyl (C=O) groups excluding carboxylic acids is 1. The van der Waals surface area contributed by atoms with Crippen LogP contribution in [0.3, 0.4) is 0 Å². The van der Waals surface area contributed by atoms with Crippen LogP contribution >= 0.6 is 0 Å². The SMILES string of the molecule is N#Cc1c2ncnn(N3CCN(CC(=O)c4ccccc4)CC3)c-2c2c1CCCC2. The van der Waals surface area contributed by atoms with Crippen LogP contribution in [-0.2, 0) is 12.8 Å². The molecule has 1 saturated heterocycles. The fourth-order valence-corrected chi connectivity index (χ4v) is 4.72. The standard InChI is InChI=1S/C23H24N6O/c24-14-20-18-8-4-5-9-19(18)23-22(20)25-16-26-29(23)28-12-10-27(11-13-28)15-21(30)17-6-2-1-3-7-17/h1-3,6-7,16H,4-5,8-13,15H2. The van der Waals surface area contributed by atoms with E-state index in [2.05, 4.69) is 26.1 Å². The van der Waals surface area contributed by atoms with E-state index in [1.165, 1.54) is 11.1 Å². The number of fused-ring (bicyclic) bond motifs is 3. The summed E-state index contributed by atoms with van der Waals surface area (Å²) in [5.41, 5.74) is 5.68. The van der Waals surface area contributed by atoms with Crippen LogP contribution in [0.25, 0.3) is 11.4 Å². The maximum atomic E-state index is 12.5. The van der Waals surface area contributed by atoms with Gasteiger partial charge in [-0.15, -0.1) is 5.10 Å². The molecule has 0 unspecified atom stereocenters. The van der Waals surface area contributed by atoms with Crippen LogP contribution in [0.4, 0.5) is 0 Å². The van der Waals surface area contributed by atoms with Gasteiger partial charge in [0.25, 0.3) is 0 Å². The number of nitriles is 1. The number of piperazine rings is 1. The van der Waals surface area contributed by atoms with Crippen molar-refractivity contribution < 1.29 is 4.79 Å². The first-order chi connectivity index (χ1) is 14.8. The van der Waals surface area contributed by atoms with E-state index < -0.39 is 0 Å². The van der Waals surface area contributed by atoms with Crippen LogP contribution in [0, 0.1) is 11.3 Å². The highest BCUT2D eigenvalue weighted by molar-refractivity contribution is 5.97. The van der Waals surface area contributed by atoms with E-state index in [1.54, 1.807) is 6.33 Å². The number of carbonyl (C=O) groups is 1. The molecule has 30 heavy (non-hydrogen) atoms. The molecule has 152 valence electrons. The molecule has 0 atom stereocenters. The van der Waals surface area contributed by atoms with Crippen molar-refractivity contribution in [2.75, 3.05) is 37.7 Å². The van der Waals surface area contributed by atoms with Crippen LogP contribution in [0.1, 0.15) is 39.9 Å². The van der Waals surface area contributed by atoms with Gasteiger partial charge in [0.2, 0.25) is 0 Å². The van der Waals surface area contributed by atoms with E-state index in [9.17, 15) is 10.1 Å². The number of hydrogen-bond donors (Lipinski definition) is 0. The van der Waals surface area contributed by atoms with E-state index in [0.29, 0.717) is 6.54 Å². The van der Waals surface area contributed by atoms with Gasteiger partial charge in [-0.05, 0) is 36.8 Å². The number of Topliss-reactive ketones (excluding diaryl/α,β-unsaturated/α-hetero) is 1. The minimum absolute atomic E-state index is 0.157. The molecular formula is C23H24N6O. The zero-order valence-electron chi connectivity index (χ0n) is 16.9. The molecule has 0 radical (unpaired) electrons. The first-order valence-corrected chi connectivity index (χ1v) is 10.6. The maximum Gasteiger partial charge on any atom is 0.176 e. The Hall–Kier alpha value is -3.24. The fraction of sp³-hybridized carbons (Fsp3) is 0.391. The van der Waals surface area contributed by atoms with E-state index in [1.807, 2.05) is 35.1 Å². The predicted molar refractivity (Wildman–Crippen MR) is 113 cm³/mol. The minimum atomic E-state index is 0.157. The van der Waals surface area contributed by atoms with Crippen LogP contribution in [0.15, 0.2) is 36.7 Å². The molecule has 0 spiro atoms. The molecule has 1 aromatic rings. The summed E-state index contributed by atoms with van der Waals surface area (Å²) in [6, 6.07) is 11.9. The zero-order chi connectivity index (χ0) is 20.5. The van der Waals surface area contributed by atoms with Crippen LogP contribution < -0.4 is 5.01 Å². The maximum absolute atomic E-state index is 12.5. The second-order valence-corrected chi connectivity index (χ2v) is 8.02. The largest absolute Gasteiger partial charge is 0.294 e. The van der Waals surface area contributed by atoms with Crippen LogP contribution in [-0.4, -0.2) is 58.3 Å². The molecule has 0 bridgehead atoms. The second-order valence-electron chi connectivity index (χ2n) is 8.02. The van der Waals surface area contributed by atoms with Crippen molar-refractivity contribution >= 4 is 5.78 Å². The molecule has 0 aromatic heterocycles. The number of benzene rings is 1. The Kier molecular flexibility index (Phi) is 4.93. The zero-order valence-corrected chi connectivity index (χ0v) is 16.9. The first-order valence-electron chi connectivity index (χ1n) is 10.6. The lowest BCUT2D eigenvalue weighted by atomic mass is 9.94. The molecule has 4 aliphatic rings. The lowest BCUT2D eigenvalue weighted by Crippen LogP contribution is -2.53. The van der Waals surface area contributed by atoms with Crippen LogP contribution in [0.5, 0.6) is 0 Å². The smallest absolute Gasteiger partial charge is 0.176 e. The summed E-state index contributed by atoms with van der Waals surface area (Å²) in [5, 5.41) is 16.5. The van der Waals surface area contributed by atoms with Crippen molar-refractivity contribution in [1.82, 2.24) is 19.8 Å². The third kappa shape index (κ3) is 3.23. The van der Waals surface area contributed by atoms with Gasteiger partial charge in [0.15, 0.2) is 5.78 Å².